The number of benzene rings is 2. The maximum Gasteiger partial charge on any atom is 0.248 e. The number of nitrogens with zero attached hydrogens (tertiary/aromatic N) is 2. The van der Waals surface area contributed by atoms with Crippen LogP contribution in [0.1, 0.15) is 28.8 Å². The molecule has 1 heterocycles. The normalized spacial score (nSPS) is 16.5. The third kappa shape index (κ3) is 6.40. The molecule has 0 saturated carbocycles. The molecule has 2 amide bonds. The summed E-state index contributed by atoms with van der Waals surface area (Å²) in [6.45, 7) is 1.09. The molecule has 1 unspecified atom stereocenters. The smallest absolute Gasteiger partial charge is 0.248 e. The van der Waals surface area contributed by atoms with Gasteiger partial charge < -0.3 is 16.0 Å². The van der Waals surface area contributed by atoms with Crippen molar-refractivity contribution in [2.45, 2.75) is 30.2 Å². The van der Waals surface area contributed by atoms with Crippen LogP contribution in [-0.4, -0.2) is 69.2 Å². The quantitative estimate of drug-likeness (QED) is 0.574. The molecule has 9 heteroatoms. The second kappa shape index (κ2) is 10.9. The average Bonchev–Trinajstić information content (AvgIpc) is 2.82. The van der Waals surface area contributed by atoms with Crippen molar-refractivity contribution in [3.63, 3.8) is 0 Å². The fourth-order valence-corrected chi connectivity index (χ4v) is 5.45. The lowest BCUT2D eigenvalue weighted by Crippen LogP contribution is -2.46. The van der Waals surface area contributed by atoms with E-state index in [0.717, 1.165) is 6.42 Å². The first-order chi connectivity index (χ1) is 15.7. The van der Waals surface area contributed by atoms with Crippen LogP contribution in [0.15, 0.2) is 59.5 Å². The number of rotatable bonds is 9. The number of hydrogen-bond donors (Lipinski definition) is 2. The summed E-state index contributed by atoms with van der Waals surface area (Å²) in [6, 6.07) is 15.9. The third-order valence-electron chi connectivity index (χ3n) is 6.16. The Hall–Kier alpha value is -2.75. The second-order valence-electron chi connectivity index (χ2n) is 8.62. The summed E-state index contributed by atoms with van der Waals surface area (Å²) in [5.74, 6) is -0.850. The van der Waals surface area contributed by atoms with Gasteiger partial charge in [0.05, 0.1) is 4.90 Å². The van der Waals surface area contributed by atoms with E-state index >= 15 is 0 Å². The van der Waals surface area contributed by atoms with Gasteiger partial charge in [-0.05, 0) is 63.2 Å². The summed E-state index contributed by atoms with van der Waals surface area (Å²) in [5, 5.41) is 3.06. The molecule has 0 aromatic heterocycles. The van der Waals surface area contributed by atoms with Crippen molar-refractivity contribution in [3.05, 3.63) is 65.7 Å². The number of piperidine rings is 1. The molecule has 3 rings (SSSR count). The average molecular weight is 473 g/mol. The van der Waals surface area contributed by atoms with Crippen molar-refractivity contribution in [2.24, 2.45) is 11.7 Å². The van der Waals surface area contributed by atoms with Crippen LogP contribution in [0.25, 0.3) is 0 Å². The highest BCUT2D eigenvalue weighted by atomic mass is 32.2. The van der Waals surface area contributed by atoms with Crippen molar-refractivity contribution < 1.29 is 18.0 Å². The predicted octanol–water partition coefficient (Wildman–Crippen LogP) is 1.48. The number of likely N-dealkylation sites (N-methyl/N-ethyl adjacent to an activating group) is 1. The molecule has 1 saturated heterocycles. The van der Waals surface area contributed by atoms with Gasteiger partial charge in [0.2, 0.25) is 21.8 Å². The summed E-state index contributed by atoms with van der Waals surface area (Å²) in [4.78, 5) is 26.2. The summed E-state index contributed by atoms with van der Waals surface area (Å²) in [6.07, 6.45) is 1.77. The molecular formula is C24H32N4O4S. The Morgan fingerprint density at radius 2 is 1.67 bits per heavy atom. The van der Waals surface area contributed by atoms with E-state index in [4.69, 9.17) is 5.73 Å². The molecule has 178 valence electrons. The van der Waals surface area contributed by atoms with Gasteiger partial charge >= 0.3 is 0 Å². The van der Waals surface area contributed by atoms with Crippen molar-refractivity contribution >= 4 is 21.8 Å². The van der Waals surface area contributed by atoms with E-state index < -0.39 is 15.9 Å². The van der Waals surface area contributed by atoms with Gasteiger partial charge in [0.15, 0.2) is 0 Å². The van der Waals surface area contributed by atoms with E-state index in [1.807, 2.05) is 32.3 Å². The number of carbonyl (C=O) groups is 2. The van der Waals surface area contributed by atoms with Gasteiger partial charge in [0.1, 0.15) is 0 Å². The number of sulfonamides is 1. The fraction of sp³-hybridized carbons (Fsp3) is 0.417. The minimum absolute atomic E-state index is 0.0298. The first-order valence-electron chi connectivity index (χ1n) is 11.1. The predicted molar refractivity (Wildman–Crippen MR) is 127 cm³/mol. The number of nitrogens with one attached hydrogen (secondary N) is 1. The summed E-state index contributed by atoms with van der Waals surface area (Å²) in [5.41, 5.74) is 6.69. The van der Waals surface area contributed by atoms with Gasteiger partial charge in [-0.2, -0.15) is 4.31 Å². The molecule has 0 radical (unpaired) electrons. The van der Waals surface area contributed by atoms with Gasteiger partial charge in [0, 0.05) is 37.2 Å². The van der Waals surface area contributed by atoms with Crippen LogP contribution < -0.4 is 11.1 Å². The molecule has 1 aliphatic heterocycles. The van der Waals surface area contributed by atoms with Gasteiger partial charge in [-0.3, -0.25) is 9.59 Å². The molecule has 8 nitrogen and oxygen atoms in total. The van der Waals surface area contributed by atoms with Crippen molar-refractivity contribution in [1.82, 2.24) is 14.5 Å². The standard InChI is InChI=1S/C24H32N4O4S/c1-27(2)21(16-18-6-4-3-5-7-18)17-26-24(30)20-12-14-28(15-13-20)33(31,32)22-10-8-19(9-11-22)23(25)29/h3-11,20-21H,12-17H2,1-2H3,(H2,25,29)(H,26,30). The molecule has 2 aromatic carbocycles. The van der Waals surface area contributed by atoms with Gasteiger partial charge in [-0.1, -0.05) is 30.3 Å². The van der Waals surface area contributed by atoms with E-state index in [9.17, 15) is 18.0 Å². The molecule has 3 N–H and O–H groups in total. The van der Waals surface area contributed by atoms with Crippen LogP contribution >= 0.6 is 0 Å². The summed E-state index contributed by atoms with van der Waals surface area (Å²) < 4.78 is 27.2. The lowest BCUT2D eigenvalue weighted by Gasteiger charge is -2.31. The van der Waals surface area contributed by atoms with Crippen molar-refractivity contribution in [2.75, 3.05) is 33.7 Å². The van der Waals surface area contributed by atoms with E-state index in [2.05, 4.69) is 22.3 Å². The highest BCUT2D eigenvalue weighted by Crippen LogP contribution is 2.24. The van der Waals surface area contributed by atoms with Crippen LogP contribution in [-0.2, 0) is 21.2 Å². The topological polar surface area (TPSA) is 113 Å². The van der Waals surface area contributed by atoms with Gasteiger partial charge in [-0.25, -0.2) is 8.42 Å². The highest BCUT2D eigenvalue weighted by molar-refractivity contribution is 7.89. The summed E-state index contributed by atoms with van der Waals surface area (Å²) in [7, 11) is 0.316. The molecule has 1 atom stereocenters. The molecule has 33 heavy (non-hydrogen) atoms. The van der Waals surface area contributed by atoms with E-state index in [1.165, 1.54) is 34.1 Å². The van der Waals surface area contributed by atoms with E-state index in [-0.39, 0.29) is 41.4 Å². The first-order valence-corrected chi connectivity index (χ1v) is 12.5. The molecule has 1 fully saturated rings. The molecule has 1 aliphatic rings. The Bertz CT molecular complexity index is 1050. The van der Waals surface area contributed by atoms with Crippen LogP contribution in [0.2, 0.25) is 0 Å². The Labute approximate surface area is 195 Å². The molecule has 0 bridgehead atoms. The second-order valence-corrected chi connectivity index (χ2v) is 10.6. The fourth-order valence-electron chi connectivity index (χ4n) is 3.98. The van der Waals surface area contributed by atoms with Crippen LogP contribution in [0.4, 0.5) is 0 Å². The van der Waals surface area contributed by atoms with Gasteiger partial charge in [-0.15, -0.1) is 0 Å². The third-order valence-corrected chi connectivity index (χ3v) is 8.07. The molecule has 0 spiro atoms. The number of hydrogen-bond acceptors (Lipinski definition) is 5. The van der Waals surface area contributed by atoms with Crippen molar-refractivity contribution in [3.8, 4) is 0 Å². The van der Waals surface area contributed by atoms with Crippen LogP contribution in [0.3, 0.4) is 0 Å². The maximum atomic E-state index is 12.9. The number of carbonyl (C=O) groups excluding carboxylic acids is 2. The monoisotopic (exact) mass is 472 g/mol. The lowest BCUT2D eigenvalue weighted by atomic mass is 9.97. The zero-order chi connectivity index (χ0) is 24.0. The number of primary amides is 1. The Kier molecular flexibility index (Phi) is 8.23. The largest absolute Gasteiger partial charge is 0.366 e. The molecule has 2 aromatic rings. The number of nitrogens with two attached hydrogens (primary N) is 1. The Balaban J connectivity index is 1.53. The maximum absolute atomic E-state index is 12.9. The van der Waals surface area contributed by atoms with Crippen molar-refractivity contribution in [1.29, 1.82) is 0 Å². The highest BCUT2D eigenvalue weighted by Gasteiger charge is 2.32. The Morgan fingerprint density at radius 3 is 2.21 bits per heavy atom. The summed E-state index contributed by atoms with van der Waals surface area (Å²) >= 11 is 0. The SMILES string of the molecule is CN(C)C(CNC(=O)C1CCN(S(=O)(=O)c2ccc(C(N)=O)cc2)CC1)Cc1ccccc1. The zero-order valence-corrected chi connectivity index (χ0v) is 19.9. The first kappa shape index (κ1) is 24.9. The van der Waals surface area contributed by atoms with E-state index in [0.29, 0.717) is 19.4 Å². The number of amides is 2. The molecular weight excluding hydrogens is 440 g/mol. The van der Waals surface area contributed by atoms with Crippen LogP contribution in [0.5, 0.6) is 0 Å². The lowest BCUT2D eigenvalue weighted by molar-refractivity contribution is -0.126. The molecule has 0 aliphatic carbocycles. The zero-order valence-electron chi connectivity index (χ0n) is 19.1. The van der Waals surface area contributed by atoms with Crippen LogP contribution in [0, 0.1) is 5.92 Å². The van der Waals surface area contributed by atoms with E-state index in [1.54, 1.807) is 0 Å². The minimum atomic E-state index is -3.68. The Morgan fingerprint density at radius 1 is 1.06 bits per heavy atom. The minimum Gasteiger partial charge on any atom is -0.366 e. The van der Waals surface area contributed by atoms with Gasteiger partial charge in [0.25, 0.3) is 0 Å².